The second kappa shape index (κ2) is 4.97. The van der Waals surface area contributed by atoms with E-state index < -0.39 is 0 Å². The predicted molar refractivity (Wildman–Crippen MR) is 72.7 cm³/mol. The summed E-state index contributed by atoms with van der Waals surface area (Å²) in [6.07, 6.45) is 4.90. The number of carbonyl (C=O) groups excluding carboxylic acids is 1. The average Bonchev–Trinajstić information content (AvgIpc) is 2.83. The molecule has 98 valence electrons. The molecule has 0 fully saturated rings. The number of hydrogen-bond acceptors (Lipinski definition) is 3. The van der Waals surface area contributed by atoms with Gasteiger partial charge in [-0.05, 0) is 23.1 Å². The van der Waals surface area contributed by atoms with Crippen LogP contribution >= 0.6 is 0 Å². The zero-order valence-corrected chi connectivity index (χ0v) is 11.0. The number of carbonyl (C=O) groups is 1. The minimum atomic E-state index is -0.0740. The third-order valence-corrected chi connectivity index (χ3v) is 3.61. The number of benzene rings is 1. The Labute approximate surface area is 112 Å². The van der Waals surface area contributed by atoms with Gasteiger partial charge in [0.15, 0.2) is 5.78 Å². The van der Waals surface area contributed by atoms with Crippen LogP contribution in [-0.4, -0.2) is 21.6 Å². The van der Waals surface area contributed by atoms with Crippen LogP contribution < -0.4 is 5.32 Å². The number of ketones is 1. The molecule has 4 nitrogen and oxygen atoms in total. The highest BCUT2D eigenvalue weighted by Crippen LogP contribution is 2.17. The maximum Gasteiger partial charge on any atom is 0.154 e. The Bertz CT molecular complexity index is 603. The van der Waals surface area contributed by atoms with E-state index in [0.29, 0.717) is 6.42 Å². The van der Waals surface area contributed by atoms with Crippen LogP contribution in [-0.2, 0) is 31.2 Å². The fraction of sp³-hybridized carbons (Fsp3) is 0.333. The molecule has 4 heteroatoms. The quantitative estimate of drug-likeness (QED) is 0.898. The Morgan fingerprint density at radius 2 is 2.21 bits per heavy atom. The first kappa shape index (κ1) is 12.1. The van der Waals surface area contributed by atoms with E-state index in [2.05, 4.69) is 22.5 Å². The number of aryl methyl sites for hydroxylation is 1. The van der Waals surface area contributed by atoms with Crippen LogP contribution in [0.3, 0.4) is 0 Å². The van der Waals surface area contributed by atoms with E-state index >= 15 is 0 Å². The van der Waals surface area contributed by atoms with Crippen molar-refractivity contribution in [2.24, 2.45) is 7.05 Å². The molecule has 0 saturated carbocycles. The molecule has 1 aliphatic rings. The van der Waals surface area contributed by atoms with Crippen LogP contribution in [0, 0.1) is 0 Å². The first-order chi connectivity index (χ1) is 9.22. The van der Waals surface area contributed by atoms with Gasteiger partial charge < -0.3 is 5.32 Å². The van der Waals surface area contributed by atoms with Crippen molar-refractivity contribution in [2.75, 3.05) is 0 Å². The van der Waals surface area contributed by atoms with Crippen molar-refractivity contribution in [2.45, 2.75) is 25.4 Å². The Balaban J connectivity index is 1.69. The average molecular weight is 255 g/mol. The molecule has 1 aromatic carbocycles. The molecule has 1 aliphatic heterocycles. The Morgan fingerprint density at radius 3 is 2.95 bits per heavy atom. The molecule has 1 atom stereocenters. The fourth-order valence-corrected chi connectivity index (χ4v) is 2.57. The van der Waals surface area contributed by atoms with Gasteiger partial charge >= 0.3 is 0 Å². The lowest BCUT2D eigenvalue weighted by molar-refractivity contribution is -0.120. The van der Waals surface area contributed by atoms with Crippen molar-refractivity contribution in [1.82, 2.24) is 15.1 Å². The monoisotopic (exact) mass is 255 g/mol. The molecule has 1 aromatic heterocycles. The summed E-state index contributed by atoms with van der Waals surface area (Å²) in [7, 11) is 1.86. The second-order valence-electron chi connectivity index (χ2n) is 5.07. The van der Waals surface area contributed by atoms with Gasteiger partial charge in [0.05, 0.1) is 12.2 Å². The summed E-state index contributed by atoms with van der Waals surface area (Å²) in [5.41, 5.74) is 3.56. The van der Waals surface area contributed by atoms with Gasteiger partial charge in [-0.1, -0.05) is 24.3 Å². The molecular weight excluding hydrogens is 238 g/mol. The molecule has 0 saturated heterocycles. The molecule has 19 heavy (non-hydrogen) atoms. The number of nitrogens with zero attached hydrogens (tertiary/aromatic N) is 2. The molecule has 0 aliphatic carbocycles. The molecule has 0 radical (unpaired) electrons. The highest BCUT2D eigenvalue weighted by molar-refractivity contribution is 5.86. The van der Waals surface area contributed by atoms with Crippen molar-refractivity contribution in [3.63, 3.8) is 0 Å². The highest BCUT2D eigenvalue weighted by atomic mass is 16.1. The molecule has 0 amide bonds. The molecular formula is C15H17N3O. The number of Topliss-reactive ketones (excluding diaryl/α,β-unsaturated/α-hetero) is 1. The first-order valence-electron chi connectivity index (χ1n) is 6.53. The Kier molecular flexibility index (Phi) is 3.17. The van der Waals surface area contributed by atoms with Crippen molar-refractivity contribution in [3.8, 4) is 0 Å². The number of fused-ring (bicyclic) bond motifs is 1. The topological polar surface area (TPSA) is 46.9 Å². The van der Waals surface area contributed by atoms with Crippen LogP contribution in [0.15, 0.2) is 36.7 Å². The number of aromatic nitrogens is 2. The molecule has 3 rings (SSSR count). The normalized spacial score (nSPS) is 18.1. The summed E-state index contributed by atoms with van der Waals surface area (Å²) < 4.78 is 1.73. The molecule has 2 aromatic rings. The highest BCUT2D eigenvalue weighted by Gasteiger charge is 2.23. The molecule has 0 bridgehead atoms. The molecule has 1 unspecified atom stereocenters. The van der Waals surface area contributed by atoms with Crippen molar-refractivity contribution in [1.29, 1.82) is 0 Å². The summed E-state index contributed by atoms with van der Waals surface area (Å²) >= 11 is 0. The van der Waals surface area contributed by atoms with Crippen LogP contribution in [0.1, 0.15) is 16.7 Å². The van der Waals surface area contributed by atoms with Crippen molar-refractivity contribution in [3.05, 3.63) is 53.3 Å². The van der Waals surface area contributed by atoms with E-state index in [4.69, 9.17) is 0 Å². The van der Waals surface area contributed by atoms with Gasteiger partial charge in [-0.2, -0.15) is 5.10 Å². The van der Waals surface area contributed by atoms with Gasteiger partial charge in [0.1, 0.15) is 0 Å². The lowest BCUT2D eigenvalue weighted by Gasteiger charge is -2.25. The maximum absolute atomic E-state index is 12.3. The van der Waals surface area contributed by atoms with Crippen LogP contribution in [0.2, 0.25) is 0 Å². The zero-order chi connectivity index (χ0) is 13.2. The van der Waals surface area contributed by atoms with Gasteiger partial charge in [0, 0.05) is 26.2 Å². The number of nitrogens with one attached hydrogen (secondary N) is 1. The van der Waals surface area contributed by atoms with Crippen molar-refractivity contribution >= 4 is 5.78 Å². The fourth-order valence-electron chi connectivity index (χ4n) is 2.57. The van der Waals surface area contributed by atoms with E-state index in [1.165, 1.54) is 11.1 Å². The van der Waals surface area contributed by atoms with Gasteiger partial charge in [0.2, 0.25) is 0 Å². The Hall–Kier alpha value is -1.94. The van der Waals surface area contributed by atoms with E-state index in [0.717, 1.165) is 18.5 Å². The van der Waals surface area contributed by atoms with E-state index in [1.54, 1.807) is 10.9 Å². The van der Waals surface area contributed by atoms with Gasteiger partial charge in [-0.15, -0.1) is 0 Å². The summed E-state index contributed by atoms with van der Waals surface area (Å²) in [5, 5.41) is 7.42. The smallest absolute Gasteiger partial charge is 0.154 e. The summed E-state index contributed by atoms with van der Waals surface area (Å²) in [5.74, 6) is 0.238. The Morgan fingerprint density at radius 1 is 1.42 bits per heavy atom. The molecule has 0 spiro atoms. The van der Waals surface area contributed by atoms with Crippen molar-refractivity contribution < 1.29 is 4.79 Å². The first-order valence-corrected chi connectivity index (χ1v) is 6.53. The van der Waals surface area contributed by atoms with Gasteiger partial charge in [-0.3, -0.25) is 9.48 Å². The van der Waals surface area contributed by atoms with Gasteiger partial charge in [0.25, 0.3) is 0 Å². The minimum Gasteiger partial charge on any atom is -0.303 e. The van der Waals surface area contributed by atoms with Crippen LogP contribution in [0.5, 0.6) is 0 Å². The summed E-state index contributed by atoms with van der Waals surface area (Å²) in [4.78, 5) is 12.3. The van der Waals surface area contributed by atoms with Gasteiger partial charge in [-0.25, -0.2) is 0 Å². The SMILES string of the molecule is Cn1cc(CC(=O)C2Cc3ccccc3CN2)cn1. The van der Waals surface area contributed by atoms with E-state index in [-0.39, 0.29) is 11.8 Å². The maximum atomic E-state index is 12.3. The minimum absolute atomic E-state index is 0.0740. The predicted octanol–water partition coefficient (Wildman–Crippen LogP) is 1.25. The van der Waals surface area contributed by atoms with Crippen LogP contribution in [0.25, 0.3) is 0 Å². The number of rotatable bonds is 3. The van der Waals surface area contributed by atoms with E-state index in [9.17, 15) is 4.79 Å². The third-order valence-electron chi connectivity index (χ3n) is 3.61. The lowest BCUT2D eigenvalue weighted by Crippen LogP contribution is -2.42. The lowest BCUT2D eigenvalue weighted by atomic mass is 9.92. The number of hydrogen-bond donors (Lipinski definition) is 1. The van der Waals surface area contributed by atoms with E-state index in [1.807, 2.05) is 25.4 Å². The molecule has 1 N–H and O–H groups in total. The molecule has 2 heterocycles. The standard InChI is InChI=1S/C15H17N3O/c1-18-10-11(8-17-18)6-15(19)14-7-12-4-2-3-5-13(12)9-16-14/h2-5,8,10,14,16H,6-7,9H2,1H3. The van der Waals surface area contributed by atoms with Crippen LogP contribution in [0.4, 0.5) is 0 Å². The zero-order valence-electron chi connectivity index (χ0n) is 11.0. The third kappa shape index (κ3) is 2.58. The second-order valence-corrected chi connectivity index (χ2v) is 5.07. The summed E-state index contributed by atoms with van der Waals surface area (Å²) in [6, 6.07) is 8.23. The summed E-state index contributed by atoms with van der Waals surface area (Å²) in [6.45, 7) is 0.777. The largest absolute Gasteiger partial charge is 0.303 e.